The summed E-state index contributed by atoms with van der Waals surface area (Å²) in [5, 5.41) is 23.8. The van der Waals surface area contributed by atoms with Gasteiger partial charge in [0, 0.05) is 56.4 Å². The SMILES string of the molecule is O=[N+]([O-])c1ccc(N2CCN([C@@H](c3cccnc3)c3nnnn3C3CCCC3)CC2)cc1. The van der Waals surface area contributed by atoms with Crippen LogP contribution in [0.3, 0.4) is 0 Å². The molecular weight excluding hydrogens is 408 g/mol. The molecule has 32 heavy (non-hydrogen) atoms. The molecule has 5 rings (SSSR count). The second-order valence-corrected chi connectivity index (χ2v) is 8.41. The van der Waals surface area contributed by atoms with Crippen molar-refractivity contribution in [3.8, 4) is 0 Å². The third kappa shape index (κ3) is 4.05. The molecule has 1 saturated heterocycles. The van der Waals surface area contributed by atoms with E-state index in [9.17, 15) is 10.1 Å². The van der Waals surface area contributed by atoms with Crippen molar-refractivity contribution in [1.82, 2.24) is 30.1 Å². The third-order valence-corrected chi connectivity index (χ3v) is 6.54. The quantitative estimate of drug-likeness (QED) is 0.431. The highest BCUT2D eigenvalue weighted by Crippen LogP contribution is 2.34. The molecule has 3 aromatic rings. The normalized spacial score (nSPS) is 18.7. The summed E-state index contributed by atoms with van der Waals surface area (Å²) in [7, 11) is 0. The van der Waals surface area contributed by atoms with Crippen molar-refractivity contribution < 1.29 is 4.92 Å². The number of anilines is 1. The van der Waals surface area contributed by atoms with E-state index in [0.29, 0.717) is 6.04 Å². The Kier molecular flexibility index (Phi) is 5.76. The molecule has 1 aliphatic heterocycles. The average molecular weight is 435 g/mol. The number of piperazine rings is 1. The number of pyridine rings is 1. The number of hydrogen-bond acceptors (Lipinski definition) is 8. The number of benzene rings is 1. The highest BCUT2D eigenvalue weighted by Gasteiger charge is 2.33. The van der Waals surface area contributed by atoms with Gasteiger partial charge in [-0.15, -0.1) is 5.10 Å². The Bertz CT molecular complexity index is 1040. The first-order valence-electron chi connectivity index (χ1n) is 11.1. The standard InChI is InChI=1S/C22H26N8O2/c31-30(32)20-9-7-18(8-10-20)27-12-14-28(15-13-27)21(17-4-3-11-23-16-17)22-24-25-26-29(22)19-5-1-2-6-19/h3-4,7-11,16,19,21H,1-2,5-6,12-15H2/t21-/m0/s1. The van der Waals surface area contributed by atoms with Crippen LogP contribution in [0.25, 0.3) is 0 Å². The lowest BCUT2D eigenvalue weighted by molar-refractivity contribution is -0.384. The van der Waals surface area contributed by atoms with Gasteiger partial charge in [0.1, 0.15) is 0 Å². The molecule has 0 N–H and O–H groups in total. The van der Waals surface area contributed by atoms with Gasteiger partial charge in [0.25, 0.3) is 5.69 Å². The van der Waals surface area contributed by atoms with Crippen LogP contribution in [-0.4, -0.2) is 61.2 Å². The molecule has 0 spiro atoms. The summed E-state index contributed by atoms with van der Waals surface area (Å²) in [4.78, 5) is 19.6. The molecule has 3 heterocycles. The van der Waals surface area contributed by atoms with Gasteiger partial charge in [0.2, 0.25) is 0 Å². The average Bonchev–Trinajstić information content (AvgIpc) is 3.53. The summed E-state index contributed by atoms with van der Waals surface area (Å²) in [5.41, 5.74) is 2.21. The fourth-order valence-corrected chi connectivity index (χ4v) is 4.87. The summed E-state index contributed by atoms with van der Waals surface area (Å²) in [6.45, 7) is 3.29. The number of nitro groups is 1. The highest BCUT2D eigenvalue weighted by atomic mass is 16.6. The van der Waals surface area contributed by atoms with Crippen molar-refractivity contribution in [2.24, 2.45) is 0 Å². The molecule has 2 aliphatic rings. The minimum atomic E-state index is -0.366. The molecule has 2 fully saturated rings. The summed E-state index contributed by atoms with van der Waals surface area (Å²) >= 11 is 0. The lowest BCUT2D eigenvalue weighted by Crippen LogP contribution is -2.48. The van der Waals surface area contributed by atoms with Crippen LogP contribution in [0.15, 0.2) is 48.8 Å². The van der Waals surface area contributed by atoms with Crippen LogP contribution < -0.4 is 4.90 Å². The number of nitro benzene ring substituents is 1. The van der Waals surface area contributed by atoms with Crippen molar-refractivity contribution in [3.05, 3.63) is 70.3 Å². The number of nitrogens with zero attached hydrogens (tertiary/aromatic N) is 8. The zero-order chi connectivity index (χ0) is 21.9. The summed E-state index contributed by atoms with van der Waals surface area (Å²) < 4.78 is 2.04. The minimum absolute atomic E-state index is 0.0571. The fourth-order valence-electron chi connectivity index (χ4n) is 4.87. The molecule has 2 aromatic heterocycles. The third-order valence-electron chi connectivity index (χ3n) is 6.54. The molecule has 0 amide bonds. The van der Waals surface area contributed by atoms with E-state index in [4.69, 9.17) is 0 Å². The Hall–Kier alpha value is -3.40. The van der Waals surface area contributed by atoms with Gasteiger partial charge in [0.05, 0.1) is 17.0 Å². The topological polar surface area (TPSA) is 106 Å². The maximum atomic E-state index is 10.9. The van der Waals surface area contributed by atoms with Gasteiger partial charge >= 0.3 is 0 Å². The van der Waals surface area contributed by atoms with Crippen LogP contribution in [0.4, 0.5) is 11.4 Å². The first-order chi connectivity index (χ1) is 15.7. The highest BCUT2D eigenvalue weighted by molar-refractivity contribution is 5.51. The monoisotopic (exact) mass is 434 g/mol. The van der Waals surface area contributed by atoms with Crippen molar-refractivity contribution in [2.45, 2.75) is 37.8 Å². The van der Waals surface area contributed by atoms with Gasteiger partial charge in [0.15, 0.2) is 5.82 Å². The van der Waals surface area contributed by atoms with Crippen molar-refractivity contribution in [3.63, 3.8) is 0 Å². The maximum Gasteiger partial charge on any atom is 0.269 e. The predicted molar refractivity (Wildman–Crippen MR) is 118 cm³/mol. The molecule has 1 aliphatic carbocycles. The van der Waals surface area contributed by atoms with Gasteiger partial charge in [-0.1, -0.05) is 18.9 Å². The molecule has 1 aromatic carbocycles. The maximum absolute atomic E-state index is 10.9. The minimum Gasteiger partial charge on any atom is -0.369 e. The number of non-ortho nitro benzene ring substituents is 1. The van der Waals surface area contributed by atoms with E-state index < -0.39 is 0 Å². The second-order valence-electron chi connectivity index (χ2n) is 8.41. The van der Waals surface area contributed by atoms with E-state index in [0.717, 1.165) is 56.1 Å². The van der Waals surface area contributed by atoms with Crippen LogP contribution in [0.1, 0.15) is 49.2 Å². The Labute approximate surface area is 186 Å². The van der Waals surface area contributed by atoms with Crippen molar-refractivity contribution in [1.29, 1.82) is 0 Å². The smallest absolute Gasteiger partial charge is 0.269 e. The van der Waals surface area contributed by atoms with Crippen LogP contribution in [0.2, 0.25) is 0 Å². The Morgan fingerprint density at radius 3 is 2.44 bits per heavy atom. The van der Waals surface area contributed by atoms with Gasteiger partial charge in [-0.2, -0.15) is 0 Å². The lowest BCUT2D eigenvalue weighted by atomic mass is 10.0. The molecule has 1 atom stereocenters. The van der Waals surface area contributed by atoms with Crippen molar-refractivity contribution in [2.75, 3.05) is 31.1 Å². The summed E-state index contributed by atoms with van der Waals surface area (Å²) in [6.07, 6.45) is 8.36. The molecule has 10 heteroatoms. The predicted octanol–water partition coefficient (Wildman–Crippen LogP) is 3.00. The van der Waals surface area contributed by atoms with Gasteiger partial charge < -0.3 is 4.90 Å². The number of aromatic nitrogens is 5. The van der Waals surface area contributed by atoms with Crippen LogP contribution in [0.5, 0.6) is 0 Å². The van der Waals surface area contributed by atoms with Gasteiger partial charge in [-0.3, -0.25) is 20.0 Å². The molecular formula is C22H26N8O2. The molecule has 10 nitrogen and oxygen atoms in total. The van der Waals surface area contributed by atoms with Gasteiger partial charge in [-0.05, 0) is 47.0 Å². The Morgan fingerprint density at radius 1 is 1.03 bits per heavy atom. The van der Waals surface area contributed by atoms with Gasteiger partial charge in [-0.25, -0.2) is 4.68 Å². The number of rotatable bonds is 6. The summed E-state index contributed by atoms with van der Waals surface area (Å²) in [5.74, 6) is 0.883. The Morgan fingerprint density at radius 2 is 1.78 bits per heavy atom. The first-order valence-corrected chi connectivity index (χ1v) is 11.1. The number of hydrogen-bond donors (Lipinski definition) is 0. The van der Waals surface area contributed by atoms with E-state index in [1.165, 1.54) is 12.8 Å². The second kappa shape index (κ2) is 8.99. The molecule has 166 valence electrons. The zero-order valence-corrected chi connectivity index (χ0v) is 17.8. The summed E-state index contributed by atoms with van der Waals surface area (Å²) in [6, 6.07) is 11.1. The van der Waals surface area contributed by atoms with Crippen LogP contribution in [0, 0.1) is 10.1 Å². The largest absolute Gasteiger partial charge is 0.369 e. The number of tetrazole rings is 1. The molecule has 0 radical (unpaired) electrons. The first kappa shape index (κ1) is 20.5. The van der Waals surface area contributed by atoms with E-state index in [-0.39, 0.29) is 16.7 Å². The van der Waals surface area contributed by atoms with E-state index >= 15 is 0 Å². The van der Waals surface area contributed by atoms with Crippen LogP contribution in [-0.2, 0) is 0 Å². The molecule has 0 bridgehead atoms. The van der Waals surface area contributed by atoms with Crippen molar-refractivity contribution >= 4 is 11.4 Å². The van der Waals surface area contributed by atoms with E-state index in [2.05, 4.69) is 36.4 Å². The van der Waals surface area contributed by atoms with E-state index in [1.807, 2.05) is 29.1 Å². The van der Waals surface area contributed by atoms with Crippen LogP contribution >= 0.6 is 0 Å². The molecule has 1 saturated carbocycles. The van der Waals surface area contributed by atoms with E-state index in [1.54, 1.807) is 18.3 Å². The Balaban J connectivity index is 1.37. The lowest BCUT2D eigenvalue weighted by Gasteiger charge is -2.40. The zero-order valence-electron chi connectivity index (χ0n) is 17.8. The molecule has 0 unspecified atom stereocenters. The fraction of sp³-hybridized carbons (Fsp3) is 0.455.